The average Bonchev–Trinajstić information content (AvgIpc) is 2.17. The van der Waals surface area contributed by atoms with Crippen LogP contribution in [0.15, 0.2) is 6.20 Å². The summed E-state index contributed by atoms with van der Waals surface area (Å²) in [6.45, 7) is -1.48. The van der Waals surface area contributed by atoms with Crippen LogP contribution in [-0.2, 0) is 6.67 Å². The molecule has 0 unspecified atom stereocenters. The molecule has 0 bridgehead atoms. The first-order chi connectivity index (χ1) is 7.76. The number of nitrogens with zero attached hydrogens (tertiary/aromatic N) is 2. The van der Waals surface area contributed by atoms with Crippen molar-refractivity contribution in [2.45, 2.75) is 13.0 Å². The normalized spacial score (nSPS) is 11.4. The molecule has 0 aliphatic rings. The van der Waals surface area contributed by atoms with Crippen molar-refractivity contribution in [2.75, 3.05) is 0 Å². The summed E-state index contributed by atoms with van der Waals surface area (Å²) in [5.74, 6) is -1.15. The van der Waals surface area contributed by atoms with Gasteiger partial charge in [0.15, 0.2) is 0 Å². The lowest BCUT2D eigenvalue weighted by atomic mass is 10.2. The van der Waals surface area contributed by atoms with Crippen LogP contribution in [-0.4, -0.2) is 16.3 Å². The molecule has 0 aliphatic heterocycles. The van der Waals surface area contributed by atoms with Crippen LogP contribution in [0.1, 0.15) is 5.56 Å². The van der Waals surface area contributed by atoms with E-state index in [1.165, 1.54) is 22.6 Å². The molecule has 1 aromatic heterocycles. The molecule has 10 heteroatoms. The second-order valence-electron chi connectivity index (χ2n) is 2.68. The van der Waals surface area contributed by atoms with Gasteiger partial charge in [0.1, 0.15) is 15.8 Å². The minimum absolute atomic E-state index is 0.0743. The highest BCUT2D eigenvalue weighted by Crippen LogP contribution is 2.34. The summed E-state index contributed by atoms with van der Waals surface area (Å²) in [5, 5.41) is 10.6. The van der Waals surface area contributed by atoms with Crippen LogP contribution in [0.3, 0.4) is 0 Å². The Hall–Kier alpha value is -1.20. The fourth-order valence-electron chi connectivity index (χ4n) is 1.02. The molecule has 0 radical (unpaired) electrons. The average molecular weight is 366 g/mol. The van der Waals surface area contributed by atoms with E-state index in [0.717, 1.165) is 6.20 Å². The third-order valence-corrected chi connectivity index (χ3v) is 2.38. The third kappa shape index (κ3) is 3.38. The van der Waals surface area contributed by atoms with E-state index in [2.05, 4.69) is 9.72 Å². The molecule has 0 spiro atoms. The van der Waals surface area contributed by atoms with E-state index in [-0.39, 0.29) is 3.57 Å². The van der Waals surface area contributed by atoms with Crippen molar-refractivity contribution in [2.24, 2.45) is 0 Å². The summed E-state index contributed by atoms with van der Waals surface area (Å²) in [6.07, 6.45) is -4.28. The molecule has 0 saturated carbocycles. The Balaban J connectivity index is 3.33. The van der Waals surface area contributed by atoms with Crippen molar-refractivity contribution < 1.29 is 27.2 Å². The van der Waals surface area contributed by atoms with Crippen molar-refractivity contribution in [1.82, 2.24) is 4.98 Å². The smallest absolute Gasteiger partial charge is 0.387 e. The molecule has 1 rings (SSSR count). The van der Waals surface area contributed by atoms with E-state index < -0.39 is 35.1 Å². The van der Waals surface area contributed by atoms with Gasteiger partial charge >= 0.3 is 6.36 Å². The lowest BCUT2D eigenvalue weighted by Crippen LogP contribution is -2.19. The van der Waals surface area contributed by atoms with Gasteiger partial charge in [0.05, 0.1) is 11.1 Å². The first kappa shape index (κ1) is 13.9. The highest BCUT2D eigenvalue weighted by molar-refractivity contribution is 14.1. The van der Waals surface area contributed by atoms with Gasteiger partial charge in [-0.3, -0.25) is 10.1 Å². The maximum atomic E-state index is 12.6. The predicted octanol–water partition coefficient (Wildman–Crippen LogP) is 2.96. The van der Waals surface area contributed by atoms with Gasteiger partial charge in [0.2, 0.25) is 5.88 Å². The van der Waals surface area contributed by atoms with Crippen LogP contribution in [0.2, 0.25) is 0 Å². The van der Waals surface area contributed by atoms with Crippen LogP contribution in [0, 0.1) is 13.7 Å². The second kappa shape index (κ2) is 4.98. The first-order valence-corrected chi connectivity index (χ1v) is 4.97. The molecule has 0 amide bonds. The maximum Gasteiger partial charge on any atom is 0.574 e. The van der Waals surface area contributed by atoms with E-state index in [1.807, 2.05) is 0 Å². The van der Waals surface area contributed by atoms with Gasteiger partial charge in [-0.25, -0.2) is 9.37 Å². The standard InChI is InChI=1S/C7H3F4IN2O3/c8-1-3-5(14(15)16)4(12)2-13-6(3)17-7(9,10)11/h2H,1H2. The van der Waals surface area contributed by atoms with Gasteiger partial charge in [-0.2, -0.15) is 0 Å². The monoisotopic (exact) mass is 366 g/mol. The number of hydrogen-bond donors (Lipinski definition) is 0. The molecule has 1 heterocycles. The van der Waals surface area contributed by atoms with Crippen molar-refractivity contribution in [1.29, 1.82) is 0 Å². The molecule has 5 nitrogen and oxygen atoms in total. The number of aromatic nitrogens is 1. The molecule has 0 aromatic carbocycles. The lowest BCUT2D eigenvalue weighted by molar-refractivity contribution is -0.387. The predicted molar refractivity (Wildman–Crippen MR) is 55.1 cm³/mol. The van der Waals surface area contributed by atoms with Crippen LogP contribution in [0.4, 0.5) is 23.2 Å². The Labute approximate surface area is 105 Å². The molecule has 1 aromatic rings. The van der Waals surface area contributed by atoms with Gasteiger partial charge in [0.25, 0.3) is 5.69 Å². The molecule has 94 valence electrons. The van der Waals surface area contributed by atoms with Gasteiger partial charge in [-0.05, 0) is 22.6 Å². The second-order valence-corrected chi connectivity index (χ2v) is 3.84. The zero-order valence-electron chi connectivity index (χ0n) is 7.79. The molecular weight excluding hydrogens is 363 g/mol. The Kier molecular flexibility index (Phi) is 4.06. The number of ether oxygens (including phenoxy) is 1. The van der Waals surface area contributed by atoms with Gasteiger partial charge < -0.3 is 4.74 Å². The first-order valence-electron chi connectivity index (χ1n) is 3.89. The van der Waals surface area contributed by atoms with Crippen LogP contribution in [0.25, 0.3) is 0 Å². The van der Waals surface area contributed by atoms with Crippen LogP contribution >= 0.6 is 22.6 Å². The van der Waals surface area contributed by atoms with Crippen molar-refractivity contribution >= 4 is 28.3 Å². The topological polar surface area (TPSA) is 65.3 Å². The lowest BCUT2D eigenvalue weighted by Gasteiger charge is -2.10. The van der Waals surface area contributed by atoms with Gasteiger partial charge in [0, 0.05) is 0 Å². The molecular formula is C7H3F4IN2O3. The number of rotatable bonds is 3. The van der Waals surface area contributed by atoms with E-state index in [0.29, 0.717) is 0 Å². The Morgan fingerprint density at radius 3 is 2.53 bits per heavy atom. The SMILES string of the molecule is O=[N+]([O-])c1c(I)cnc(OC(F)(F)F)c1CF. The summed E-state index contributed by atoms with van der Waals surface area (Å²) in [4.78, 5) is 12.8. The summed E-state index contributed by atoms with van der Waals surface area (Å²) < 4.78 is 51.7. The number of alkyl halides is 4. The van der Waals surface area contributed by atoms with Crippen molar-refractivity contribution in [3.8, 4) is 5.88 Å². The van der Waals surface area contributed by atoms with Gasteiger partial charge in [-0.15, -0.1) is 13.2 Å². The molecule has 0 saturated heterocycles. The Morgan fingerprint density at radius 1 is 1.53 bits per heavy atom. The zero-order chi connectivity index (χ0) is 13.2. The number of nitro groups is 1. The number of halogens is 5. The number of pyridine rings is 1. The van der Waals surface area contributed by atoms with E-state index in [1.54, 1.807) is 0 Å². The van der Waals surface area contributed by atoms with Crippen molar-refractivity contribution in [3.63, 3.8) is 0 Å². The maximum absolute atomic E-state index is 12.6. The quantitative estimate of drug-likeness (QED) is 0.357. The highest BCUT2D eigenvalue weighted by atomic mass is 127. The molecule has 0 N–H and O–H groups in total. The van der Waals surface area contributed by atoms with Crippen molar-refractivity contribution in [3.05, 3.63) is 25.4 Å². The van der Waals surface area contributed by atoms with E-state index in [9.17, 15) is 27.7 Å². The molecule has 17 heavy (non-hydrogen) atoms. The largest absolute Gasteiger partial charge is 0.574 e. The minimum Gasteiger partial charge on any atom is -0.387 e. The van der Waals surface area contributed by atoms with E-state index >= 15 is 0 Å². The van der Waals surface area contributed by atoms with Gasteiger partial charge in [-0.1, -0.05) is 0 Å². The number of hydrogen-bond acceptors (Lipinski definition) is 4. The van der Waals surface area contributed by atoms with Crippen LogP contribution < -0.4 is 4.74 Å². The minimum atomic E-state index is -5.09. The van der Waals surface area contributed by atoms with Crippen LogP contribution in [0.5, 0.6) is 5.88 Å². The Morgan fingerprint density at radius 2 is 2.12 bits per heavy atom. The Bertz CT molecular complexity index is 451. The van der Waals surface area contributed by atoms with E-state index in [4.69, 9.17) is 0 Å². The molecule has 0 fully saturated rings. The summed E-state index contributed by atoms with van der Waals surface area (Å²) >= 11 is 1.47. The zero-order valence-corrected chi connectivity index (χ0v) is 9.95. The summed E-state index contributed by atoms with van der Waals surface area (Å²) in [5.41, 5.74) is -1.61. The summed E-state index contributed by atoms with van der Waals surface area (Å²) in [6, 6.07) is 0. The highest BCUT2D eigenvalue weighted by Gasteiger charge is 2.35. The molecule has 0 aliphatic carbocycles. The summed E-state index contributed by atoms with van der Waals surface area (Å²) in [7, 11) is 0. The fourth-order valence-corrected chi connectivity index (χ4v) is 1.68. The molecule has 0 atom stereocenters. The third-order valence-electron chi connectivity index (χ3n) is 1.59. The fraction of sp³-hybridized carbons (Fsp3) is 0.286.